The molecule has 0 radical (unpaired) electrons. The van der Waals surface area contributed by atoms with Crippen molar-refractivity contribution in [1.29, 1.82) is 0 Å². The van der Waals surface area contributed by atoms with Gasteiger partial charge in [-0.15, -0.1) is 11.3 Å². The lowest BCUT2D eigenvalue weighted by Gasteiger charge is -2.11. The van der Waals surface area contributed by atoms with Gasteiger partial charge < -0.3 is 19.5 Å². The number of halogens is 1. The fourth-order valence-corrected chi connectivity index (χ4v) is 4.25. The maximum atomic E-state index is 12.7. The first kappa shape index (κ1) is 23.6. The monoisotopic (exact) mass is 473 g/mol. The standard InChI is InChI=1S/C24H24ClNO5S/c1-4-29-18-9-6-16(7-10-18)19-14-32-23(22(19)24(28)30-5-2)26-21(27)13-31-20-11-8-17(25)12-15(20)3/h6-12,14H,4-5,13H2,1-3H3,(H,26,27). The van der Waals surface area contributed by atoms with Crippen LogP contribution in [0.2, 0.25) is 5.02 Å². The van der Waals surface area contributed by atoms with E-state index in [1.54, 1.807) is 25.1 Å². The van der Waals surface area contributed by atoms with Gasteiger partial charge in [0.15, 0.2) is 6.61 Å². The predicted octanol–water partition coefficient (Wildman–Crippen LogP) is 5.97. The van der Waals surface area contributed by atoms with E-state index in [0.29, 0.717) is 33.5 Å². The van der Waals surface area contributed by atoms with Crippen molar-refractivity contribution in [2.45, 2.75) is 20.8 Å². The number of esters is 1. The van der Waals surface area contributed by atoms with E-state index in [4.69, 9.17) is 25.8 Å². The topological polar surface area (TPSA) is 73.9 Å². The second-order valence-corrected chi connectivity index (χ2v) is 8.09. The molecule has 168 valence electrons. The van der Waals surface area contributed by atoms with Crippen LogP contribution in [0, 0.1) is 6.92 Å². The zero-order valence-corrected chi connectivity index (χ0v) is 19.6. The minimum atomic E-state index is -0.498. The molecule has 0 unspecified atom stereocenters. The Morgan fingerprint density at radius 3 is 2.44 bits per heavy atom. The molecule has 2 aromatic carbocycles. The van der Waals surface area contributed by atoms with Crippen LogP contribution in [-0.4, -0.2) is 31.7 Å². The summed E-state index contributed by atoms with van der Waals surface area (Å²) in [6.07, 6.45) is 0. The molecule has 3 rings (SSSR count). The second-order valence-electron chi connectivity index (χ2n) is 6.78. The van der Waals surface area contributed by atoms with Gasteiger partial charge in [-0.3, -0.25) is 4.79 Å². The van der Waals surface area contributed by atoms with E-state index in [9.17, 15) is 9.59 Å². The summed E-state index contributed by atoms with van der Waals surface area (Å²) in [5.41, 5.74) is 2.64. The number of anilines is 1. The molecule has 0 aliphatic rings. The molecule has 0 atom stereocenters. The summed E-state index contributed by atoms with van der Waals surface area (Å²) in [5, 5.41) is 5.60. The second kappa shape index (κ2) is 11.0. The number of aryl methyl sites for hydroxylation is 1. The number of nitrogens with one attached hydrogen (secondary N) is 1. The van der Waals surface area contributed by atoms with Crippen molar-refractivity contribution >= 4 is 39.8 Å². The SMILES string of the molecule is CCOC(=O)c1c(-c2ccc(OCC)cc2)csc1NC(=O)COc1ccc(Cl)cc1C. The Balaban J connectivity index is 1.79. The summed E-state index contributed by atoms with van der Waals surface area (Å²) in [6.45, 7) is 6.09. The van der Waals surface area contributed by atoms with Crippen LogP contribution in [0.5, 0.6) is 11.5 Å². The summed E-state index contributed by atoms with van der Waals surface area (Å²) in [5.74, 6) is 0.427. The number of rotatable bonds is 9. The molecular formula is C24H24ClNO5S. The van der Waals surface area contributed by atoms with Gasteiger partial charge in [0.25, 0.3) is 5.91 Å². The molecule has 1 aromatic heterocycles. The van der Waals surface area contributed by atoms with E-state index < -0.39 is 5.97 Å². The van der Waals surface area contributed by atoms with Gasteiger partial charge in [0.05, 0.1) is 13.2 Å². The average Bonchev–Trinajstić information content (AvgIpc) is 3.17. The Kier molecular flexibility index (Phi) is 8.14. The summed E-state index contributed by atoms with van der Waals surface area (Å²) < 4.78 is 16.3. The van der Waals surface area contributed by atoms with Crippen molar-refractivity contribution in [2.24, 2.45) is 0 Å². The van der Waals surface area contributed by atoms with Crippen LogP contribution in [0.3, 0.4) is 0 Å². The normalized spacial score (nSPS) is 10.5. The number of carbonyl (C=O) groups is 2. The van der Waals surface area contributed by atoms with Crippen LogP contribution in [0.25, 0.3) is 11.1 Å². The van der Waals surface area contributed by atoms with Crippen LogP contribution >= 0.6 is 22.9 Å². The highest BCUT2D eigenvalue weighted by atomic mass is 35.5. The molecule has 1 heterocycles. The van der Waals surface area contributed by atoms with Gasteiger partial charge in [-0.25, -0.2) is 4.79 Å². The fourth-order valence-electron chi connectivity index (χ4n) is 3.05. The quantitative estimate of drug-likeness (QED) is 0.387. The van der Waals surface area contributed by atoms with Gasteiger partial charge in [0, 0.05) is 16.0 Å². The van der Waals surface area contributed by atoms with E-state index in [1.165, 1.54) is 11.3 Å². The van der Waals surface area contributed by atoms with Crippen LogP contribution in [0.4, 0.5) is 5.00 Å². The Hall–Kier alpha value is -3.03. The number of hydrogen-bond donors (Lipinski definition) is 1. The van der Waals surface area contributed by atoms with Gasteiger partial charge in [0.2, 0.25) is 0 Å². The molecule has 0 aliphatic heterocycles. The Bertz CT molecular complexity index is 1090. The van der Waals surface area contributed by atoms with Crippen LogP contribution in [0.1, 0.15) is 29.8 Å². The molecule has 32 heavy (non-hydrogen) atoms. The van der Waals surface area contributed by atoms with Crippen molar-refractivity contribution in [2.75, 3.05) is 25.1 Å². The summed E-state index contributed by atoms with van der Waals surface area (Å²) in [7, 11) is 0. The number of hydrogen-bond acceptors (Lipinski definition) is 6. The van der Waals surface area contributed by atoms with Crippen LogP contribution < -0.4 is 14.8 Å². The molecule has 8 heteroatoms. The van der Waals surface area contributed by atoms with Crippen LogP contribution in [0.15, 0.2) is 47.8 Å². The molecule has 6 nitrogen and oxygen atoms in total. The predicted molar refractivity (Wildman–Crippen MR) is 127 cm³/mol. The Labute approximate surface area is 196 Å². The van der Waals surface area contributed by atoms with E-state index in [1.807, 2.05) is 43.5 Å². The van der Waals surface area contributed by atoms with Crippen molar-refractivity contribution in [3.8, 4) is 22.6 Å². The molecule has 0 saturated heterocycles. The number of thiophene rings is 1. The van der Waals surface area contributed by atoms with Crippen molar-refractivity contribution in [3.05, 3.63) is 64.0 Å². The molecule has 1 N–H and O–H groups in total. The maximum Gasteiger partial charge on any atom is 0.341 e. The summed E-state index contributed by atoms with van der Waals surface area (Å²) >= 11 is 7.21. The van der Waals surface area contributed by atoms with E-state index in [-0.39, 0.29) is 19.1 Å². The molecule has 0 spiro atoms. The first-order valence-corrected chi connectivity index (χ1v) is 11.4. The van der Waals surface area contributed by atoms with E-state index >= 15 is 0 Å². The smallest absolute Gasteiger partial charge is 0.341 e. The number of amides is 1. The molecular weight excluding hydrogens is 450 g/mol. The largest absolute Gasteiger partial charge is 0.494 e. The highest BCUT2D eigenvalue weighted by Gasteiger charge is 2.23. The third-order valence-electron chi connectivity index (χ3n) is 4.50. The first-order chi connectivity index (χ1) is 15.4. The molecule has 0 aliphatic carbocycles. The lowest BCUT2D eigenvalue weighted by atomic mass is 10.0. The maximum absolute atomic E-state index is 12.7. The van der Waals surface area contributed by atoms with Gasteiger partial charge in [0.1, 0.15) is 22.1 Å². The number of ether oxygens (including phenoxy) is 3. The first-order valence-electron chi connectivity index (χ1n) is 10.1. The van der Waals surface area contributed by atoms with Gasteiger partial charge in [-0.2, -0.15) is 0 Å². The van der Waals surface area contributed by atoms with Gasteiger partial charge in [-0.1, -0.05) is 23.7 Å². The fraction of sp³-hybridized carbons (Fsp3) is 0.250. The van der Waals surface area contributed by atoms with Crippen molar-refractivity contribution < 1.29 is 23.8 Å². The molecule has 0 saturated carbocycles. The zero-order chi connectivity index (χ0) is 23.1. The molecule has 1 amide bonds. The van der Waals surface area contributed by atoms with Crippen molar-refractivity contribution in [1.82, 2.24) is 0 Å². The third-order valence-corrected chi connectivity index (χ3v) is 5.63. The van der Waals surface area contributed by atoms with Crippen molar-refractivity contribution in [3.63, 3.8) is 0 Å². The highest BCUT2D eigenvalue weighted by Crippen LogP contribution is 2.37. The van der Waals surface area contributed by atoms with E-state index in [0.717, 1.165) is 16.9 Å². The lowest BCUT2D eigenvalue weighted by Crippen LogP contribution is -2.21. The molecule has 0 bridgehead atoms. The van der Waals surface area contributed by atoms with Gasteiger partial charge >= 0.3 is 5.97 Å². The van der Waals surface area contributed by atoms with Crippen LogP contribution in [-0.2, 0) is 9.53 Å². The number of carbonyl (C=O) groups excluding carboxylic acids is 2. The lowest BCUT2D eigenvalue weighted by molar-refractivity contribution is -0.118. The molecule has 0 fully saturated rings. The summed E-state index contributed by atoms with van der Waals surface area (Å²) in [6, 6.07) is 12.6. The third kappa shape index (κ3) is 5.81. The Morgan fingerprint density at radius 1 is 1.03 bits per heavy atom. The van der Waals surface area contributed by atoms with E-state index in [2.05, 4.69) is 5.32 Å². The average molecular weight is 474 g/mol. The highest BCUT2D eigenvalue weighted by molar-refractivity contribution is 7.15. The number of benzene rings is 2. The minimum absolute atomic E-state index is 0.207. The zero-order valence-electron chi connectivity index (χ0n) is 18.1. The van der Waals surface area contributed by atoms with Gasteiger partial charge in [-0.05, 0) is 62.2 Å². The Morgan fingerprint density at radius 2 is 1.78 bits per heavy atom. The summed E-state index contributed by atoms with van der Waals surface area (Å²) in [4.78, 5) is 25.2. The molecule has 3 aromatic rings. The minimum Gasteiger partial charge on any atom is -0.494 e.